The number of fused-ring (bicyclic) bond motifs is 1. The fourth-order valence-corrected chi connectivity index (χ4v) is 3.29. The summed E-state index contributed by atoms with van der Waals surface area (Å²) < 4.78 is 11.2. The minimum Gasteiger partial charge on any atom is -0.486 e. The lowest BCUT2D eigenvalue weighted by molar-refractivity contribution is -0.137. The molecule has 0 radical (unpaired) electrons. The highest BCUT2D eigenvalue weighted by Gasteiger charge is 2.27. The molecule has 1 unspecified atom stereocenters. The van der Waals surface area contributed by atoms with Gasteiger partial charge in [-0.15, -0.1) is 0 Å². The van der Waals surface area contributed by atoms with Gasteiger partial charge in [0.1, 0.15) is 13.2 Å². The summed E-state index contributed by atoms with van der Waals surface area (Å²) in [5.74, 6) is 2.58. The van der Waals surface area contributed by atoms with E-state index >= 15 is 0 Å². The minimum absolute atomic E-state index is 0.119. The Morgan fingerprint density at radius 3 is 2.62 bits per heavy atom. The molecule has 1 aromatic rings. The molecular weight excluding hydrogens is 304 g/mol. The average molecular weight is 332 g/mol. The maximum absolute atomic E-state index is 12.7. The Morgan fingerprint density at radius 1 is 1.25 bits per heavy atom. The van der Waals surface area contributed by atoms with Crippen molar-refractivity contribution >= 4 is 5.91 Å². The van der Waals surface area contributed by atoms with Crippen LogP contribution >= 0.6 is 0 Å². The quantitative estimate of drug-likeness (QED) is 0.850. The van der Waals surface area contributed by atoms with E-state index in [-0.39, 0.29) is 11.9 Å². The molecule has 3 rings (SSSR count). The van der Waals surface area contributed by atoms with Gasteiger partial charge in [0.25, 0.3) is 0 Å². The molecule has 2 aliphatic rings. The van der Waals surface area contributed by atoms with Gasteiger partial charge in [0.2, 0.25) is 5.91 Å². The third-order valence-electron chi connectivity index (χ3n) is 5.15. The molecule has 5 nitrogen and oxygen atoms in total. The van der Waals surface area contributed by atoms with Crippen molar-refractivity contribution in [2.24, 2.45) is 5.92 Å². The van der Waals surface area contributed by atoms with Crippen molar-refractivity contribution < 1.29 is 14.3 Å². The molecular formula is C19H28N2O3. The lowest BCUT2D eigenvalue weighted by atomic mass is 9.98. The molecule has 0 spiro atoms. The number of likely N-dealkylation sites (N-methyl/N-ethyl adjacent to an activating group) is 1. The van der Waals surface area contributed by atoms with Crippen LogP contribution in [0.2, 0.25) is 0 Å². The van der Waals surface area contributed by atoms with Crippen LogP contribution in [0.4, 0.5) is 0 Å². The molecule has 0 aromatic heterocycles. The number of ether oxygens (including phenoxy) is 2. The highest BCUT2D eigenvalue weighted by Crippen LogP contribution is 2.31. The number of likely N-dealkylation sites (tertiary alicyclic amines) is 1. The zero-order valence-corrected chi connectivity index (χ0v) is 15.0. The van der Waals surface area contributed by atoms with Crippen molar-refractivity contribution in [3.8, 4) is 11.5 Å². The molecule has 5 heteroatoms. The molecule has 1 saturated heterocycles. The molecule has 1 fully saturated rings. The van der Waals surface area contributed by atoms with Crippen molar-refractivity contribution in [1.82, 2.24) is 9.80 Å². The summed E-state index contributed by atoms with van der Waals surface area (Å²) in [6.07, 6.45) is 2.23. The SMILES string of the molecule is CC1CCN(C(=O)C(C)N(C)Cc2ccc3c(c2)OCCO3)CC1. The van der Waals surface area contributed by atoms with Gasteiger partial charge in [-0.1, -0.05) is 13.0 Å². The predicted molar refractivity (Wildman–Crippen MR) is 93.3 cm³/mol. The van der Waals surface area contributed by atoms with Crippen molar-refractivity contribution in [3.05, 3.63) is 23.8 Å². The number of hydrogen-bond donors (Lipinski definition) is 0. The van der Waals surface area contributed by atoms with Crippen LogP contribution in [-0.4, -0.2) is 55.1 Å². The second-order valence-corrected chi connectivity index (χ2v) is 7.08. The van der Waals surface area contributed by atoms with Gasteiger partial charge < -0.3 is 14.4 Å². The highest BCUT2D eigenvalue weighted by molar-refractivity contribution is 5.81. The van der Waals surface area contributed by atoms with Crippen LogP contribution in [0.1, 0.15) is 32.3 Å². The monoisotopic (exact) mass is 332 g/mol. The molecule has 0 bridgehead atoms. The summed E-state index contributed by atoms with van der Waals surface area (Å²) in [5.41, 5.74) is 1.13. The van der Waals surface area contributed by atoms with E-state index in [1.165, 1.54) is 0 Å². The zero-order chi connectivity index (χ0) is 17.1. The van der Waals surface area contributed by atoms with Crippen molar-refractivity contribution in [2.75, 3.05) is 33.4 Å². The Bertz CT molecular complexity index is 582. The zero-order valence-electron chi connectivity index (χ0n) is 15.0. The Morgan fingerprint density at radius 2 is 1.92 bits per heavy atom. The first-order valence-corrected chi connectivity index (χ1v) is 8.92. The lowest BCUT2D eigenvalue weighted by Gasteiger charge is -2.34. The van der Waals surface area contributed by atoms with Gasteiger partial charge in [-0.25, -0.2) is 0 Å². The number of nitrogens with zero attached hydrogens (tertiary/aromatic N) is 2. The Kier molecular flexibility index (Phi) is 5.29. The summed E-state index contributed by atoms with van der Waals surface area (Å²) in [6.45, 7) is 7.95. The predicted octanol–water partition coefficient (Wildman–Crippen LogP) is 2.54. The van der Waals surface area contributed by atoms with Crippen molar-refractivity contribution in [1.29, 1.82) is 0 Å². The summed E-state index contributed by atoms with van der Waals surface area (Å²) in [4.78, 5) is 16.8. The normalized spacial score (nSPS) is 19.4. The molecule has 2 aliphatic heterocycles. The van der Waals surface area contributed by atoms with E-state index in [4.69, 9.17) is 9.47 Å². The maximum atomic E-state index is 12.7. The third kappa shape index (κ3) is 3.83. The molecule has 132 valence electrons. The standard InChI is InChI=1S/C19H28N2O3/c1-14-6-8-21(9-7-14)19(22)15(2)20(3)13-16-4-5-17-18(12-16)24-11-10-23-17/h4-5,12,14-15H,6-11,13H2,1-3H3. The van der Waals surface area contributed by atoms with E-state index in [0.29, 0.717) is 19.8 Å². The fourth-order valence-electron chi connectivity index (χ4n) is 3.29. The van der Waals surface area contributed by atoms with E-state index in [9.17, 15) is 4.79 Å². The molecule has 2 heterocycles. The van der Waals surface area contributed by atoms with Gasteiger partial charge >= 0.3 is 0 Å². The second-order valence-electron chi connectivity index (χ2n) is 7.08. The topological polar surface area (TPSA) is 42.0 Å². The van der Waals surface area contributed by atoms with Crippen molar-refractivity contribution in [3.63, 3.8) is 0 Å². The molecule has 1 amide bonds. The third-order valence-corrected chi connectivity index (χ3v) is 5.15. The first-order chi connectivity index (χ1) is 11.5. The maximum Gasteiger partial charge on any atom is 0.239 e. The van der Waals surface area contributed by atoms with Gasteiger partial charge in [-0.2, -0.15) is 0 Å². The summed E-state index contributed by atoms with van der Waals surface area (Å²) in [5, 5.41) is 0. The van der Waals surface area contributed by atoms with Gasteiger partial charge in [0, 0.05) is 19.6 Å². The van der Waals surface area contributed by atoms with E-state index in [1.54, 1.807) is 0 Å². The first-order valence-electron chi connectivity index (χ1n) is 8.92. The van der Waals surface area contributed by atoms with Crippen LogP contribution in [0.25, 0.3) is 0 Å². The van der Waals surface area contributed by atoms with Gasteiger partial charge in [0.05, 0.1) is 6.04 Å². The number of carbonyl (C=O) groups excluding carboxylic acids is 1. The van der Waals surface area contributed by atoms with Crippen LogP contribution in [0.3, 0.4) is 0 Å². The van der Waals surface area contributed by atoms with Crippen molar-refractivity contribution in [2.45, 2.75) is 39.3 Å². The van der Waals surface area contributed by atoms with Gasteiger partial charge in [-0.3, -0.25) is 9.69 Å². The van der Waals surface area contributed by atoms with Crippen LogP contribution in [0.15, 0.2) is 18.2 Å². The van der Waals surface area contributed by atoms with Crippen LogP contribution < -0.4 is 9.47 Å². The summed E-state index contributed by atoms with van der Waals surface area (Å²) in [7, 11) is 2.01. The molecule has 1 atom stereocenters. The molecule has 0 saturated carbocycles. The van der Waals surface area contributed by atoms with E-state index in [1.807, 2.05) is 37.1 Å². The fraction of sp³-hybridized carbons (Fsp3) is 0.632. The number of benzene rings is 1. The second kappa shape index (κ2) is 7.43. The van der Waals surface area contributed by atoms with Crippen LogP contribution in [0.5, 0.6) is 11.5 Å². The minimum atomic E-state index is -0.119. The Hall–Kier alpha value is -1.75. The lowest BCUT2D eigenvalue weighted by Crippen LogP contribution is -2.48. The van der Waals surface area contributed by atoms with Gasteiger partial charge in [-0.05, 0) is 50.4 Å². The van der Waals surface area contributed by atoms with E-state index in [2.05, 4.69) is 11.8 Å². The molecule has 1 aromatic carbocycles. The number of hydrogen-bond acceptors (Lipinski definition) is 4. The number of carbonyl (C=O) groups is 1. The smallest absolute Gasteiger partial charge is 0.239 e. The largest absolute Gasteiger partial charge is 0.486 e. The summed E-state index contributed by atoms with van der Waals surface area (Å²) in [6, 6.07) is 5.90. The molecule has 0 N–H and O–H groups in total. The van der Waals surface area contributed by atoms with Crippen LogP contribution in [-0.2, 0) is 11.3 Å². The average Bonchev–Trinajstić information content (AvgIpc) is 2.61. The van der Waals surface area contributed by atoms with Gasteiger partial charge in [0.15, 0.2) is 11.5 Å². The Labute approximate surface area is 144 Å². The van der Waals surface area contributed by atoms with E-state index < -0.39 is 0 Å². The van der Waals surface area contributed by atoms with E-state index in [0.717, 1.165) is 48.9 Å². The summed E-state index contributed by atoms with van der Waals surface area (Å²) >= 11 is 0. The highest BCUT2D eigenvalue weighted by atomic mass is 16.6. The van der Waals surface area contributed by atoms with Crippen LogP contribution in [0, 0.1) is 5.92 Å². The number of rotatable bonds is 4. The first kappa shape index (κ1) is 17.1. The Balaban J connectivity index is 1.59. The molecule has 24 heavy (non-hydrogen) atoms. The number of piperidine rings is 1. The number of amides is 1. The molecule has 0 aliphatic carbocycles.